The van der Waals surface area contributed by atoms with Crippen molar-refractivity contribution >= 4 is 28.9 Å². The number of hydrogen-bond donors (Lipinski definition) is 0. The number of benzene rings is 2. The zero-order chi connectivity index (χ0) is 14.2. The van der Waals surface area contributed by atoms with Crippen LogP contribution < -0.4 is 9.80 Å². The van der Waals surface area contributed by atoms with Crippen LogP contribution in [0.1, 0.15) is 12.0 Å². The third kappa shape index (κ3) is 2.09. The molecule has 0 radical (unpaired) electrons. The van der Waals surface area contributed by atoms with E-state index in [0.717, 1.165) is 42.6 Å². The summed E-state index contributed by atoms with van der Waals surface area (Å²) in [6.45, 7) is 2.69. The highest BCUT2D eigenvalue weighted by Gasteiger charge is 2.33. The smallest absolute Gasteiger partial charge is 0.206 e. The molecule has 2 aromatic carbocycles. The van der Waals surface area contributed by atoms with Crippen LogP contribution in [0.3, 0.4) is 0 Å². The highest BCUT2D eigenvalue weighted by molar-refractivity contribution is 6.31. The molecule has 0 atom stereocenters. The van der Waals surface area contributed by atoms with Gasteiger partial charge in [0.05, 0.1) is 17.9 Å². The lowest BCUT2D eigenvalue weighted by Gasteiger charge is -2.27. The normalized spacial score (nSPS) is 16.5. The summed E-state index contributed by atoms with van der Waals surface area (Å²) in [5.41, 5.74) is 3.60. The second kappa shape index (κ2) is 5.08. The van der Waals surface area contributed by atoms with E-state index in [1.54, 1.807) is 0 Å². The van der Waals surface area contributed by atoms with Gasteiger partial charge >= 0.3 is 0 Å². The first kappa shape index (κ1) is 12.7. The first-order chi connectivity index (χ1) is 10.3. The van der Waals surface area contributed by atoms with E-state index in [1.165, 1.54) is 11.4 Å². The fourth-order valence-corrected chi connectivity index (χ4v) is 3.23. The van der Waals surface area contributed by atoms with Gasteiger partial charge in [0.25, 0.3) is 0 Å². The summed E-state index contributed by atoms with van der Waals surface area (Å²) in [4.78, 5) is 9.33. The molecule has 0 aromatic heterocycles. The van der Waals surface area contributed by atoms with Gasteiger partial charge in [-0.15, -0.1) is 0 Å². The summed E-state index contributed by atoms with van der Waals surface area (Å²) in [7, 11) is 0. The molecule has 0 fully saturated rings. The predicted octanol–water partition coefficient (Wildman–Crippen LogP) is 3.93. The molecule has 2 heterocycles. The van der Waals surface area contributed by atoms with E-state index in [9.17, 15) is 0 Å². The number of anilines is 2. The van der Waals surface area contributed by atoms with Crippen LogP contribution in [-0.4, -0.2) is 19.0 Å². The van der Waals surface area contributed by atoms with E-state index in [1.807, 2.05) is 18.2 Å². The summed E-state index contributed by atoms with van der Waals surface area (Å²) in [6, 6.07) is 16.5. The Morgan fingerprint density at radius 3 is 2.62 bits per heavy atom. The fourth-order valence-electron chi connectivity index (χ4n) is 3.03. The lowest BCUT2D eigenvalue weighted by Crippen LogP contribution is -2.41. The van der Waals surface area contributed by atoms with Gasteiger partial charge in [-0.25, -0.2) is 0 Å². The second-order valence-corrected chi connectivity index (χ2v) is 5.76. The summed E-state index contributed by atoms with van der Waals surface area (Å²) in [6.07, 6.45) is 1.11. The minimum Gasteiger partial charge on any atom is -0.310 e. The molecule has 0 saturated carbocycles. The Labute approximate surface area is 129 Å². The Balaban J connectivity index is 1.77. The van der Waals surface area contributed by atoms with Crippen LogP contribution in [0.25, 0.3) is 0 Å². The number of fused-ring (bicyclic) bond motifs is 3. The Morgan fingerprint density at radius 1 is 1.00 bits per heavy atom. The van der Waals surface area contributed by atoms with E-state index in [2.05, 4.69) is 40.1 Å². The molecule has 0 bridgehead atoms. The van der Waals surface area contributed by atoms with Crippen LogP contribution in [0, 0.1) is 0 Å². The molecule has 0 spiro atoms. The Kier molecular flexibility index (Phi) is 3.08. The molecule has 2 aliphatic heterocycles. The van der Waals surface area contributed by atoms with Gasteiger partial charge in [0.1, 0.15) is 0 Å². The average Bonchev–Trinajstić information content (AvgIpc) is 2.85. The number of aliphatic imine (C=N–C) groups is 1. The molecule has 0 saturated heterocycles. The predicted molar refractivity (Wildman–Crippen MR) is 88.3 cm³/mol. The third-order valence-electron chi connectivity index (χ3n) is 4.03. The minimum absolute atomic E-state index is 0.756. The SMILES string of the molecule is Clc1ccccc1CN1C2=NCCCN2c2ccccc21. The van der Waals surface area contributed by atoms with Gasteiger partial charge in [0.2, 0.25) is 5.96 Å². The molecule has 21 heavy (non-hydrogen) atoms. The van der Waals surface area contributed by atoms with Gasteiger partial charge in [-0.1, -0.05) is 41.9 Å². The molecule has 0 aliphatic carbocycles. The third-order valence-corrected chi connectivity index (χ3v) is 4.39. The van der Waals surface area contributed by atoms with Crippen molar-refractivity contribution in [1.29, 1.82) is 0 Å². The molecule has 2 aromatic rings. The van der Waals surface area contributed by atoms with E-state index >= 15 is 0 Å². The fraction of sp³-hybridized carbons (Fsp3) is 0.235. The number of para-hydroxylation sites is 2. The molecule has 106 valence electrons. The van der Waals surface area contributed by atoms with Gasteiger partial charge < -0.3 is 9.80 Å². The number of rotatable bonds is 2. The van der Waals surface area contributed by atoms with E-state index in [-0.39, 0.29) is 0 Å². The summed E-state index contributed by atoms with van der Waals surface area (Å²) in [5, 5.41) is 0.810. The molecular formula is C17H16ClN3. The van der Waals surface area contributed by atoms with Gasteiger partial charge in [-0.3, -0.25) is 4.99 Å². The van der Waals surface area contributed by atoms with Crippen molar-refractivity contribution in [3.63, 3.8) is 0 Å². The summed E-state index contributed by atoms with van der Waals surface area (Å²) < 4.78 is 0. The first-order valence-corrected chi connectivity index (χ1v) is 7.64. The van der Waals surface area contributed by atoms with Crippen molar-refractivity contribution in [1.82, 2.24) is 0 Å². The van der Waals surface area contributed by atoms with Gasteiger partial charge in [-0.05, 0) is 30.2 Å². The van der Waals surface area contributed by atoms with Crippen LogP contribution >= 0.6 is 11.6 Å². The Hall–Kier alpha value is -2.00. The van der Waals surface area contributed by atoms with E-state index in [0.29, 0.717) is 0 Å². The van der Waals surface area contributed by atoms with Gasteiger partial charge in [0, 0.05) is 18.1 Å². The maximum absolute atomic E-state index is 6.32. The second-order valence-electron chi connectivity index (χ2n) is 5.35. The monoisotopic (exact) mass is 297 g/mol. The highest BCUT2D eigenvalue weighted by Crippen LogP contribution is 2.39. The molecule has 2 aliphatic rings. The molecule has 4 heteroatoms. The maximum atomic E-state index is 6.32. The number of guanidine groups is 1. The summed E-state index contributed by atoms with van der Waals surface area (Å²) in [5.74, 6) is 1.06. The summed E-state index contributed by atoms with van der Waals surface area (Å²) >= 11 is 6.32. The standard InChI is InChI=1S/C17H16ClN3/c18-14-7-2-1-6-13(14)12-21-16-9-4-3-8-15(16)20-11-5-10-19-17(20)21/h1-4,6-9H,5,10-12H2. The molecular weight excluding hydrogens is 282 g/mol. The van der Waals surface area contributed by atoms with Crippen LogP contribution in [0.4, 0.5) is 11.4 Å². The molecule has 0 amide bonds. The zero-order valence-electron chi connectivity index (χ0n) is 11.7. The Bertz CT molecular complexity index is 711. The van der Waals surface area contributed by atoms with Gasteiger partial charge in [0.15, 0.2) is 0 Å². The van der Waals surface area contributed by atoms with Crippen LogP contribution in [-0.2, 0) is 6.54 Å². The van der Waals surface area contributed by atoms with Crippen molar-refractivity contribution in [2.24, 2.45) is 4.99 Å². The quantitative estimate of drug-likeness (QED) is 0.836. The van der Waals surface area contributed by atoms with Crippen molar-refractivity contribution in [2.45, 2.75) is 13.0 Å². The molecule has 0 unspecified atom stereocenters. The molecule has 0 N–H and O–H groups in total. The number of halogens is 1. The van der Waals surface area contributed by atoms with Crippen LogP contribution in [0.5, 0.6) is 0 Å². The first-order valence-electron chi connectivity index (χ1n) is 7.26. The van der Waals surface area contributed by atoms with E-state index in [4.69, 9.17) is 16.6 Å². The molecule has 4 rings (SSSR count). The molecule has 3 nitrogen and oxygen atoms in total. The van der Waals surface area contributed by atoms with Gasteiger partial charge in [-0.2, -0.15) is 0 Å². The van der Waals surface area contributed by atoms with Crippen molar-refractivity contribution < 1.29 is 0 Å². The van der Waals surface area contributed by atoms with Crippen molar-refractivity contribution in [3.8, 4) is 0 Å². The maximum Gasteiger partial charge on any atom is 0.206 e. The lowest BCUT2D eigenvalue weighted by molar-refractivity contribution is 0.784. The number of nitrogens with zero attached hydrogens (tertiary/aromatic N) is 3. The van der Waals surface area contributed by atoms with Crippen LogP contribution in [0.15, 0.2) is 53.5 Å². The average molecular weight is 298 g/mol. The number of hydrogen-bond acceptors (Lipinski definition) is 3. The minimum atomic E-state index is 0.756. The van der Waals surface area contributed by atoms with E-state index < -0.39 is 0 Å². The zero-order valence-corrected chi connectivity index (χ0v) is 12.4. The Morgan fingerprint density at radius 2 is 1.76 bits per heavy atom. The topological polar surface area (TPSA) is 18.8 Å². The largest absolute Gasteiger partial charge is 0.310 e. The highest BCUT2D eigenvalue weighted by atomic mass is 35.5. The van der Waals surface area contributed by atoms with Crippen molar-refractivity contribution in [2.75, 3.05) is 22.9 Å². The van der Waals surface area contributed by atoms with Crippen LogP contribution in [0.2, 0.25) is 5.02 Å². The lowest BCUT2D eigenvalue weighted by atomic mass is 10.2. The van der Waals surface area contributed by atoms with Crippen molar-refractivity contribution in [3.05, 3.63) is 59.1 Å².